The second-order valence-electron chi connectivity index (χ2n) is 8.40. The van der Waals surface area contributed by atoms with Gasteiger partial charge in [0.25, 0.3) is 0 Å². The van der Waals surface area contributed by atoms with Gasteiger partial charge in [0, 0.05) is 38.2 Å². The summed E-state index contributed by atoms with van der Waals surface area (Å²) in [5, 5.41) is 6.52. The number of anilines is 2. The molecule has 1 fully saturated rings. The van der Waals surface area contributed by atoms with Crippen LogP contribution in [-0.4, -0.2) is 73.9 Å². The zero-order valence-electron chi connectivity index (χ0n) is 20.2. The summed E-state index contributed by atoms with van der Waals surface area (Å²) in [5.74, 6) is 0.933. The van der Waals surface area contributed by atoms with Crippen LogP contribution in [0.1, 0.15) is 12.8 Å². The van der Waals surface area contributed by atoms with E-state index in [9.17, 15) is 9.18 Å². The Labute approximate surface area is 213 Å². The Morgan fingerprint density at radius 1 is 1.19 bits per heavy atom. The van der Waals surface area contributed by atoms with Gasteiger partial charge in [-0.15, -0.1) is 0 Å². The number of carbonyl (C=O) groups excluding carboxylic acids is 1. The molecule has 11 heteroatoms. The van der Waals surface area contributed by atoms with E-state index < -0.39 is 5.82 Å². The first-order valence-corrected chi connectivity index (χ1v) is 12.0. The van der Waals surface area contributed by atoms with Crippen LogP contribution in [0.4, 0.5) is 15.9 Å². The van der Waals surface area contributed by atoms with Crippen LogP contribution in [0.2, 0.25) is 5.02 Å². The predicted molar refractivity (Wildman–Crippen MR) is 136 cm³/mol. The van der Waals surface area contributed by atoms with E-state index in [-0.39, 0.29) is 22.7 Å². The Kier molecular flexibility index (Phi) is 8.74. The Morgan fingerprint density at radius 3 is 2.75 bits per heavy atom. The summed E-state index contributed by atoms with van der Waals surface area (Å²) in [5.41, 5.74) is 0.827. The molecule has 9 nitrogen and oxygen atoms in total. The molecular formula is C25H29ClFN5O4. The van der Waals surface area contributed by atoms with Gasteiger partial charge in [-0.05, 0) is 31.0 Å². The first kappa shape index (κ1) is 25.9. The van der Waals surface area contributed by atoms with Gasteiger partial charge >= 0.3 is 0 Å². The first-order valence-electron chi connectivity index (χ1n) is 11.7. The number of methoxy groups -OCH3 is 2. The Balaban J connectivity index is 1.46. The molecule has 36 heavy (non-hydrogen) atoms. The van der Waals surface area contributed by atoms with Gasteiger partial charge in [-0.1, -0.05) is 17.7 Å². The molecule has 0 saturated carbocycles. The predicted octanol–water partition coefficient (Wildman–Crippen LogP) is 3.78. The number of carbonyl (C=O) groups is 1. The van der Waals surface area contributed by atoms with Crippen LogP contribution in [0.5, 0.6) is 11.5 Å². The Morgan fingerprint density at radius 2 is 2.00 bits per heavy atom. The molecule has 1 aromatic heterocycles. The van der Waals surface area contributed by atoms with Crippen molar-refractivity contribution in [1.29, 1.82) is 0 Å². The minimum atomic E-state index is -0.560. The van der Waals surface area contributed by atoms with Crippen molar-refractivity contribution in [3.63, 3.8) is 0 Å². The standard InChI is InChI=1S/C25H29ClFN5O4/c1-34-11-8-28-23(33)14-32-9-6-16(7-10-32)36-22-12-17-20(13-21(22)35-2)29-15-30-25(17)31-19-5-3-4-18(26)24(19)27/h3-5,12-13,15-16H,6-11,14H2,1-2H3,(H,28,33)(H,29,30,31). The molecule has 3 aromatic rings. The van der Waals surface area contributed by atoms with Crippen LogP contribution in [0.3, 0.4) is 0 Å². The van der Waals surface area contributed by atoms with E-state index in [4.69, 9.17) is 25.8 Å². The maximum absolute atomic E-state index is 14.5. The molecule has 0 atom stereocenters. The minimum Gasteiger partial charge on any atom is -0.493 e. The summed E-state index contributed by atoms with van der Waals surface area (Å²) in [6.07, 6.45) is 2.87. The summed E-state index contributed by atoms with van der Waals surface area (Å²) in [6, 6.07) is 8.29. The normalized spacial score (nSPS) is 14.6. The van der Waals surface area contributed by atoms with Crippen LogP contribution in [0.25, 0.3) is 10.9 Å². The molecule has 1 aliphatic rings. The SMILES string of the molecule is COCCNC(=O)CN1CCC(Oc2cc3c(Nc4cccc(Cl)c4F)ncnc3cc2OC)CC1. The fraction of sp³-hybridized carbons (Fsp3) is 0.400. The van der Waals surface area contributed by atoms with Gasteiger partial charge in [-0.25, -0.2) is 14.4 Å². The number of benzene rings is 2. The lowest BCUT2D eigenvalue weighted by Gasteiger charge is -2.32. The van der Waals surface area contributed by atoms with Gasteiger partial charge in [0.15, 0.2) is 17.3 Å². The van der Waals surface area contributed by atoms with Crippen molar-refractivity contribution in [1.82, 2.24) is 20.2 Å². The fourth-order valence-electron chi connectivity index (χ4n) is 4.06. The van der Waals surface area contributed by atoms with Crippen molar-refractivity contribution in [2.24, 2.45) is 0 Å². The molecule has 2 heterocycles. The maximum atomic E-state index is 14.5. The van der Waals surface area contributed by atoms with Gasteiger partial charge in [-0.2, -0.15) is 0 Å². The molecule has 1 aliphatic heterocycles. The van der Waals surface area contributed by atoms with E-state index in [0.717, 1.165) is 25.9 Å². The monoisotopic (exact) mass is 517 g/mol. The summed E-state index contributed by atoms with van der Waals surface area (Å²) in [7, 11) is 3.17. The van der Waals surface area contributed by atoms with Crippen molar-refractivity contribution in [2.45, 2.75) is 18.9 Å². The molecule has 192 valence electrons. The summed E-state index contributed by atoms with van der Waals surface area (Å²) in [4.78, 5) is 22.8. The lowest BCUT2D eigenvalue weighted by molar-refractivity contribution is -0.122. The quantitative estimate of drug-likeness (QED) is 0.392. The number of ether oxygens (including phenoxy) is 3. The number of piperidine rings is 1. The molecule has 0 aliphatic carbocycles. The third kappa shape index (κ3) is 6.31. The third-order valence-corrected chi connectivity index (χ3v) is 6.24. The number of halogens is 2. The van der Waals surface area contributed by atoms with E-state index in [1.165, 1.54) is 12.4 Å². The number of rotatable bonds is 10. The van der Waals surface area contributed by atoms with Crippen molar-refractivity contribution in [2.75, 3.05) is 52.3 Å². The van der Waals surface area contributed by atoms with Crippen LogP contribution in [-0.2, 0) is 9.53 Å². The molecule has 0 unspecified atom stereocenters. The van der Waals surface area contributed by atoms with Gasteiger partial charge in [0.05, 0.1) is 36.5 Å². The average Bonchev–Trinajstić information content (AvgIpc) is 2.88. The number of nitrogens with one attached hydrogen (secondary N) is 2. The molecular weight excluding hydrogens is 489 g/mol. The number of hydrogen-bond acceptors (Lipinski definition) is 8. The molecule has 1 saturated heterocycles. The highest BCUT2D eigenvalue weighted by Crippen LogP contribution is 2.36. The lowest BCUT2D eigenvalue weighted by Crippen LogP contribution is -2.44. The first-order chi connectivity index (χ1) is 17.5. The highest BCUT2D eigenvalue weighted by molar-refractivity contribution is 6.31. The van der Waals surface area contributed by atoms with Crippen LogP contribution < -0.4 is 20.1 Å². The second kappa shape index (κ2) is 12.2. The number of nitrogens with zero attached hydrogens (tertiary/aromatic N) is 3. The molecule has 0 radical (unpaired) electrons. The Bertz CT molecular complexity index is 1210. The number of hydrogen-bond donors (Lipinski definition) is 2. The third-order valence-electron chi connectivity index (χ3n) is 5.95. The average molecular weight is 518 g/mol. The number of aromatic nitrogens is 2. The summed E-state index contributed by atoms with van der Waals surface area (Å²) < 4.78 is 31.3. The maximum Gasteiger partial charge on any atom is 0.234 e. The van der Waals surface area contributed by atoms with E-state index >= 15 is 0 Å². The minimum absolute atomic E-state index is 0.0150. The van der Waals surface area contributed by atoms with Gasteiger partial charge in [0.1, 0.15) is 18.2 Å². The van der Waals surface area contributed by atoms with E-state index in [1.54, 1.807) is 38.5 Å². The molecule has 1 amide bonds. The fourth-order valence-corrected chi connectivity index (χ4v) is 4.23. The smallest absolute Gasteiger partial charge is 0.234 e. The van der Waals surface area contributed by atoms with E-state index in [1.807, 2.05) is 0 Å². The van der Waals surface area contributed by atoms with Crippen molar-refractivity contribution >= 4 is 39.9 Å². The van der Waals surface area contributed by atoms with Crippen molar-refractivity contribution < 1.29 is 23.4 Å². The van der Waals surface area contributed by atoms with Gasteiger partial charge in [-0.3, -0.25) is 9.69 Å². The molecule has 2 N–H and O–H groups in total. The van der Waals surface area contributed by atoms with Gasteiger partial charge < -0.3 is 24.8 Å². The zero-order chi connectivity index (χ0) is 25.5. The Hall–Kier alpha value is -3.21. The molecule has 2 aromatic carbocycles. The zero-order valence-corrected chi connectivity index (χ0v) is 21.0. The highest BCUT2D eigenvalue weighted by Gasteiger charge is 2.24. The van der Waals surface area contributed by atoms with Gasteiger partial charge in [0.2, 0.25) is 5.91 Å². The topological polar surface area (TPSA) is 97.8 Å². The van der Waals surface area contributed by atoms with E-state index in [0.29, 0.717) is 47.9 Å². The molecule has 0 bridgehead atoms. The highest BCUT2D eigenvalue weighted by atomic mass is 35.5. The number of fused-ring (bicyclic) bond motifs is 1. The number of likely N-dealkylation sites (tertiary alicyclic amines) is 1. The summed E-state index contributed by atoms with van der Waals surface area (Å²) >= 11 is 5.92. The summed E-state index contributed by atoms with van der Waals surface area (Å²) in [6.45, 7) is 2.82. The van der Waals surface area contributed by atoms with Crippen molar-refractivity contribution in [3.8, 4) is 11.5 Å². The van der Waals surface area contributed by atoms with Crippen LogP contribution in [0.15, 0.2) is 36.7 Å². The van der Waals surface area contributed by atoms with Crippen LogP contribution in [0, 0.1) is 5.82 Å². The largest absolute Gasteiger partial charge is 0.493 e. The molecule has 0 spiro atoms. The molecule has 4 rings (SSSR count). The van der Waals surface area contributed by atoms with E-state index in [2.05, 4.69) is 25.5 Å². The lowest BCUT2D eigenvalue weighted by atomic mass is 10.1. The second-order valence-corrected chi connectivity index (χ2v) is 8.81. The van der Waals surface area contributed by atoms with Crippen LogP contribution >= 0.6 is 11.6 Å². The number of amides is 1. The van der Waals surface area contributed by atoms with Crippen molar-refractivity contribution in [3.05, 3.63) is 47.5 Å².